The second-order valence-electron chi connectivity index (χ2n) is 8.09. The van der Waals surface area contributed by atoms with Crippen molar-refractivity contribution in [3.63, 3.8) is 0 Å². The van der Waals surface area contributed by atoms with Crippen molar-refractivity contribution in [1.29, 1.82) is 0 Å². The first-order chi connectivity index (χ1) is 15.1. The molecule has 8 heteroatoms. The molecule has 1 N–H and O–H groups in total. The zero-order valence-electron chi connectivity index (χ0n) is 18.1. The minimum absolute atomic E-state index is 0.0747. The van der Waals surface area contributed by atoms with E-state index in [4.69, 9.17) is 0 Å². The van der Waals surface area contributed by atoms with Gasteiger partial charge < -0.3 is 9.88 Å². The van der Waals surface area contributed by atoms with Crippen LogP contribution in [0.4, 0.5) is 5.13 Å². The molecule has 6 nitrogen and oxygen atoms in total. The maximum atomic E-state index is 12.5. The molecule has 1 fully saturated rings. The maximum absolute atomic E-state index is 12.5. The molecule has 0 atom stereocenters. The molecule has 1 saturated carbocycles. The number of carbonyl (C=O) groups is 1. The predicted octanol–water partition coefficient (Wildman–Crippen LogP) is 5.58. The van der Waals surface area contributed by atoms with Gasteiger partial charge >= 0.3 is 0 Å². The summed E-state index contributed by atoms with van der Waals surface area (Å²) in [6.07, 6.45) is 7.59. The van der Waals surface area contributed by atoms with Crippen LogP contribution in [0.5, 0.6) is 0 Å². The lowest BCUT2D eigenvalue weighted by molar-refractivity contribution is -0.113. The number of anilines is 1. The molecule has 3 aromatic rings. The van der Waals surface area contributed by atoms with E-state index < -0.39 is 0 Å². The van der Waals surface area contributed by atoms with Crippen LogP contribution in [0.1, 0.15) is 50.4 Å². The molecule has 4 rings (SSSR count). The molecule has 164 valence electrons. The van der Waals surface area contributed by atoms with Crippen molar-refractivity contribution in [2.45, 2.75) is 64.1 Å². The fraction of sp³-hybridized carbons (Fsp3) is 0.478. The van der Waals surface area contributed by atoms with E-state index in [2.05, 4.69) is 51.0 Å². The van der Waals surface area contributed by atoms with Crippen LogP contribution in [0.15, 0.2) is 34.8 Å². The topological polar surface area (TPSA) is 72.7 Å². The minimum atomic E-state index is -0.0747. The van der Waals surface area contributed by atoms with E-state index in [-0.39, 0.29) is 5.91 Å². The highest BCUT2D eigenvalue weighted by molar-refractivity contribution is 7.99. The Morgan fingerprint density at radius 3 is 2.71 bits per heavy atom. The zero-order chi connectivity index (χ0) is 21.6. The Morgan fingerprint density at radius 2 is 1.97 bits per heavy atom. The Kier molecular flexibility index (Phi) is 7.40. The summed E-state index contributed by atoms with van der Waals surface area (Å²) in [6, 6.07) is 8.23. The summed E-state index contributed by atoms with van der Waals surface area (Å²) < 4.78 is 2.16. The summed E-state index contributed by atoms with van der Waals surface area (Å²) in [5, 5.41) is 15.1. The Bertz CT molecular complexity index is 1010. The van der Waals surface area contributed by atoms with Gasteiger partial charge in [-0.1, -0.05) is 73.7 Å². The summed E-state index contributed by atoms with van der Waals surface area (Å²) in [4.78, 5) is 17.0. The van der Waals surface area contributed by atoms with E-state index in [0.29, 0.717) is 10.9 Å². The number of aryl methyl sites for hydroxylation is 1. The Morgan fingerprint density at radius 1 is 1.19 bits per heavy atom. The van der Waals surface area contributed by atoms with Gasteiger partial charge in [0, 0.05) is 23.9 Å². The molecular formula is C23H29N5OS2. The van der Waals surface area contributed by atoms with Gasteiger partial charge in [0.05, 0.1) is 11.4 Å². The average molecular weight is 456 g/mol. The highest BCUT2D eigenvalue weighted by Crippen LogP contribution is 2.28. The lowest BCUT2D eigenvalue weighted by Crippen LogP contribution is -2.15. The van der Waals surface area contributed by atoms with Crippen LogP contribution < -0.4 is 5.32 Å². The van der Waals surface area contributed by atoms with Crippen molar-refractivity contribution in [2.24, 2.45) is 5.92 Å². The number of thiazole rings is 1. The highest BCUT2D eigenvalue weighted by atomic mass is 32.2. The Balaban J connectivity index is 1.32. The van der Waals surface area contributed by atoms with E-state index in [1.165, 1.54) is 60.8 Å². The molecule has 0 unspecified atom stereocenters. The molecule has 1 amide bonds. The fourth-order valence-corrected chi connectivity index (χ4v) is 5.57. The van der Waals surface area contributed by atoms with Crippen molar-refractivity contribution in [1.82, 2.24) is 19.7 Å². The SMILES string of the molecule is CCn1c(CC2CCCCC2)nnc1SCC(=O)Nc1nc(-c2ccc(C)cc2)cs1. The molecular weight excluding hydrogens is 426 g/mol. The lowest BCUT2D eigenvalue weighted by Gasteiger charge is -2.21. The average Bonchev–Trinajstić information content (AvgIpc) is 3.40. The van der Waals surface area contributed by atoms with Crippen LogP contribution in [-0.2, 0) is 17.8 Å². The monoisotopic (exact) mass is 455 g/mol. The summed E-state index contributed by atoms with van der Waals surface area (Å²) in [5.41, 5.74) is 3.15. The number of amides is 1. The van der Waals surface area contributed by atoms with Gasteiger partial charge in [0.15, 0.2) is 10.3 Å². The van der Waals surface area contributed by atoms with Crippen molar-refractivity contribution in [3.8, 4) is 11.3 Å². The van der Waals surface area contributed by atoms with Gasteiger partial charge in [-0.3, -0.25) is 4.79 Å². The lowest BCUT2D eigenvalue weighted by atomic mass is 9.87. The number of carbonyl (C=O) groups excluding carboxylic acids is 1. The summed E-state index contributed by atoms with van der Waals surface area (Å²) >= 11 is 2.89. The van der Waals surface area contributed by atoms with Crippen molar-refractivity contribution >= 4 is 34.1 Å². The van der Waals surface area contributed by atoms with Gasteiger partial charge in [-0.2, -0.15) is 0 Å². The number of hydrogen-bond donors (Lipinski definition) is 1. The van der Waals surface area contributed by atoms with Gasteiger partial charge in [0.25, 0.3) is 0 Å². The molecule has 0 saturated heterocycles. The molecule has 31 heavy (non-hydrogen) atoms. The number of aromatic nitrogens is 4. The standard InChI is InChI=1S/C23H29N5OS2/c1-3-28-20(13-17-7-5-4-6-8-17)26-27-23(28)31-15-21(29)25-22-24-19(14-30-22)18-11-9-16(2)10-12-18/h9-12,14,17H,3-8,13,15H2,1-2H3,(H,24,25,29). The molecule has 2 heterocycles. The van der Waals surface area contributed by atoms with Gasteiger partial charge in [-0.25, -0.2) is 4.98 Å². The molecule has 1 aliphatic rings. The van der Waals surface area contributed by atoms with E-state index in [1.54, 1.807) is 0 Å². The smallest absolute Gasteiger partial charge is 0.236 e. The number of nitrogens with one attached hydrogen (secondary N) is 1. The first-order valence-electron chi connectivity index (χ1n) is 11.0. The van der Waals surface area contributed by atoms with Crippen LogP contribution >= 0.6 is 23.1 Å². The quantitative estimate of drug-likeness (QED) is 0.449. The van der Waals surface area contributed by atoms with Gasteiger partial charge in [-0.05, 0) is 19.8 Å². The van der Waals surface area contributed by atoms with Crippen LogP contribution in [0.2, 0.25) is 0 Å². The summed E-state index contributed by atoms with van der Waals surface area (Å²) in [6.45, 7) is 5.00. The first kappa shape index (κ1) is 22.0. The molecule has 0 spiro atoms. The largest absolute Gasteiger partial charge is 0.306 e. The molecule has 0 bridgehead atoms. The van der Waals surface area contributed by atoms with Gasteiger partial charge in [0.2, 0.25) is 5.91 Å². The predicted molar refractivity (Wildman–Crippen MR) is 128 cm³/mol. The second kappa shape index (κ2) is 10.4. The minimum Gasteiger partial charge on any atom is -0.306 e. The van der Waals surface area contributed by atoms with Crippen LogP contribution in [0, 0.1) is 12.8 Å². The summed E-state index contributed by atoms with van der Waals surface area (Å²) in [7, 11) is 0. The molecule has 0 radical (unpaired) electrons. The maximum Gasteiger partial charge on any atom is 0.236 e. The van der Waals surface area contributed by atoms with Crippen molar-refractivity contribution < 1.29 is 4.79 Å². The number of nitrogens with zero attached hydrogens (tertiary/aromatic N) is 4. The third kappa shape index (κ3) is 5.74. The van der Waals surface area contributed by atoms with E-state index in [1.807, 2.05) is 17.5 Å². The Hall–Kier alpha value is -2.19. The van der Waals surface area contributed by atoms with E-state index in [0.717, 1.165) is 41.1 Å². The third-order valence-corrected chi connectivity index (χ3v) is 7.46. The van der Waals surface area contributed by atoms with Crippen LogP contribution in [0.3, 0.4) is 0 Å². The normalized spacial score (nSPS) is 14.6. The molecule has 1 aromatic carbocycles. The van der Waals surface area contributed by atoms with Gasteiger partial charge in [0.1, 0.15) is 5.82 Å². The summed E-state index contributed by atoms with van der Waals surface area (Å²) in [5.74, 6) is 1.99. The zero-order valence-corrected chi connectivity index (χ0v) is 19.8. The van der Waals surface area contributed by atoms with Crippen LogP contribution in [-0.4, -0.2) is 31.4 Å². The number of thioether (sulfide) groups is 1. The molecule has 2 aromatic heterocycles. The van der Waals surface area contributed by atoms with Crippen molar-refractivity contribution in [2.75, 3.05) is 11.1 Å². The first-order valence-corrected chi connectivity index (χ1v) is 12.9. The fourth-order valence-electron chi connectivity index (χ4n) is 4.02. The molecule has 0 aliphatic heterocycles. The van der Waals surface area contributed by atoms with Gasteiger partial charge in [-0.15, -0.1) is 21.5 Å². The highest BCUT2D eigenvalue weighted by Gasteiger charge is 2.19. The number of rotatable bonds is 8. The van der Waals surface area contributed by atoms with Crippen molar-refractivity contribution in [3.05, 3.63) is 41.0 Å². The van der Waals surface area contributed by atoms with E-state index >= 15 is 0 Å². The third-order valence-electron chi connectivity index (χ3n) is 5.74. The van der Waals surface area contributed by atoms with E-state index in [9.17, 15) is 4.79 Å². The molecule has 1 aliphatic carbocycles. The van der Waals surface area contributed by atoms with Crippen LogP contribution in [0.25, 0.3) is 11.3 Å². The number of hydrogen-bond acceptors (Lipinski definition) is 6. The Labute approximate surface area is 191 Å². The second-order valence-corrected chi connectivity index (χ2v) is 9.89. The number of benzene rings is 1.